The molecule has 2 N–H and O–H groups in total. The van der Waals surface area contributed by atoms with Crippen LogP contribution in [-0.2, 0) is 0 Å². The van der Waals surface area contributed by atoms with Crippen LogP contribution < -0.4 is 25.1 Å². The number of aromatic nitrogens is 3. The predicted octanol–water partition coefficient (Wildman–Crippen LogP) is 3.18. The van der Waals surface area contributed by atoms with E-state index in [1.807, 2.05) is 20.8 Å². The van der Waals surface area contributed by atoms with Crippen LogP contribution in [0.3, 0.4) is 0 Å². The van der Waals surface area contributed by atoms with E-state index >= 15 is 0 Å². The van der Waals surface area contributed by atoms with Crippen LogP contribution in [0, 0.1) is 6.92 Å². The van der Waals surface area contributed by atoms with Crippen LogP contribution in [0.1, 0.15) is 46.5 Å². The van der Waals surface area contributed by atoms with E-state index in [0.717, 1.165) is 11.3 Å². The van der Waals surface area contributed by atoms with Crippen LogP contribution in [0.25, 0.3) is 10.8 Å². The van der Waals surface area contributed by atoms with Crippen molar-refractivity contribution in [2.24, 2.45) is 0 Å². The molecule has 1 aromatic carbocycles. The molecule has 2 heterocycles. The fourth-order valence-corrected chi connectivity index (χ4v) is 3.78. The van der Waals surface area contributed by atoms with Crippen molar-refractivity contribution in [2.75, 3.05) is 19.8 Å². The molecule has 0 spiro atoms. The molecule has 0 saturated carbocycles. The third kappa shape index (κ3) is 5.75. The predicted molar refractivity (Wildman–Crippen MR) is 123 cm³/mol. The van der Waals surface area contributed by atoms with Gasteiger partial charge in [0.1, 0.15) is 4.88 Å². The summed E-state index contributed by atoms with van der Waals surface area (Å²) in [6.45, 7) is 8.38. The second kappa shape index (κ2) is 11.2. The Kier molecular flexibility index (Phi) is 8.14. The molecular formula is C22H25N5O5S. The summed E-state index contributed by atoms with van der Waals surface area (Å²) >= 11 is 1.14. The van der Waals surface area contributed by atoms with Crippen molar-refractivity contribution in [1.29, 1.82) is 0 Å². The Balaban J connectivity index is 1.76. The zero-order valence-corrected chi connectivity index (χ0v) is 19.6. The number of carbonyl (C=O) groups is 2. The van der Waals surface area contributed by atoms with E-state index in [1.54, 1.807) is 37.5 Å². The van der Waals surface area contributed by atoms with Crippen molar-refractivity contribution in [3.8, 4) is 28.1 Å². The highest BCUT2D eigenvalue weighted by Crippen LogP contribution is 2.39. The summed E-state index contributed by atoms with van der Waals surface area (Å²) in [6, 6.07) is 4.78. The normalized spacial score (nSPS) is 10.4. The SMILES string of the molecule is CCOc1cc(C(=O)NNC(=O)c2sc(-c3ncccn3)nc2C)cc(OCC)c1OCC. The van der Waals surface area contributed by atoms with Gasteiger partial charge in [-0.2, -0.15) is 0 Å². The summed E-state index contributed by atoms with van der Waals surface area (Å²) in [5, 5.41) is 0.513. The van der Waals surface area contributed by atoms with Gasteiger partial charge in [0.25, 0.3) is 11.8 Å². The number of benzene rings is 1. The number of rotatable bonds is 9. The number of carbonyl (C=O) groups excluding carboxylic acids is 2. The van der Waals surface area contributed by atoms with Crippen molar-refractivity contribution in [3.63, 3.8) is 0 Å². The van der Waals surface area contributed by atoms with E-state index in [1.165, 1.54) is 0 Å². The van der Waals surface area contributed by atoms with Gasteiger partial charge in [0.15, 0.2) is 22.3 Å². The van der Waals surface area contributed by atoms with Crippen LogP contribution in [0.4, 0.5) is 0 Å². The Morgan fingerprint density at radius 3 is 2.06 bits per heavy atom. The van der Waals surface area contributed by atoms with Gasteiger partial charge in [0, 0.05) is 18.0 Å². The maximum atomic E-state index is 12.8. The molecule has 2 aromatic heterocycles. The third-order valence-electron chi connectivity index (χ3n) is 4.22. The molecule has 10 nitrogen and oxygen atoms in total. The Labute approximate surface area is 195 Å². The summed E-state index contributed by atoms with van der Waals surface area (Å²) in [5.74, 6) is 0.580. The molecule has 0 aliphatic rings. The van der Waals surface area contributed by atoms with Gasteiger partial charge in [-0.05, 0) is 45.9 Å². The van der Waals surface area contributed by atoms with E-state index < -0.39 is 11.8 Å². The van der Waals surface area contributed by atoms with Crippen molar-refractivity contribution < 1.29 is 23.8 Å². The van der Waals surface area contributed by atoms with Gasteiger partial charge < -0.3 is 14.2 Å². The molecule has 0 aliphatic heterocycles. The molecule has 0 aliphatic carbocycles. The zero-order chi connectivity index (χ0) is 23.8. The molecule has 33 heavy (non-hydrogen) atoms. The highest BCUT2D eigenvalue weighted by atomic mass is 32.1. The molecule has 0 saturated heterocycles. The van der Waals surface area contributed by atoms with Gasteiger partial charge in [0.2, 0.25) is 5.75 Å². The largest absolute Gasteiger partial charge is 0.490 e. The van der Waals surface area contributed by atoms with E-state index in [4.69, 9.17) is 14.2 Å². The monoisotopic (exact) mass is 471 g/mol. The van der Waals surface area contributed by atoms with Gasteiger partial charge in [-0.15, -0.1) is 11.3 Å². The fraction of sp³-hybridized carbons (Fsp3) is 0.318. The molecule has 3 rings (SSSR count). The zero-order valence-electron chi connectivity index (χ0n) is 18.8. The number of nitrogens with zero attached hydrogens (tertiary/aromatic N) is 3. The Bertz CT molecular complexity index is 1090. The molecule has 0 unspecified atom stereocenters. The van der Waals surface area contributed by atoms with Crippen LogP contribution >= 0.6 is 11.3 Å². The molecule has 174 valence electrons. The molecule has 2 amide bonds. The highest BCUT2D eigenvalue weighted by molar-refractivity contribution is 7.17. The minimum absolute atomic E-state index is 0.241. The van der Waals surface area contributed by atoms with Crippen LogP contribution in [0.5, 0.6) is 17.2 Å². The summed E-state index contributed by atoms with van der Waals surface area (Å²) < 4.78 is 16.9. The summed E-state index contributed by atoms with van der Waals surface area (Å²) in [7, 11) is 0. The Hall–Kier alpha value is -3.73. The lowest BCUT2D eigenvalue weighted by Gasteiger charge is -2.17. The van der Waals surface area contributed by atoms with Crippen LogP contribution in [0.2, 0.25) is 0 Å². The van der Waals surface area contributed by atoms with Crippen LogP contribution in [0.15, 0.2) is 30.6 Å². The van der Waals surface area contributed by atoms with Gasteiger partial charge in [-0.25, -0.2) is 15.0 Å². The van der Waals surface area contributed by atoms with Crippen molar-refractivity contribution >= 4 is 23.2 Å². The second-order valence-corrected chi connectivity index (χ2v) is 7.51. The van der Waals surface area contributed by atoms with Crippen molar-refractivity contribution in [3.05, 3.63) is 46.7 Å². The lowest BCUT2D eigenvalue weighted by Crippen LogP contribution is -2.41. The number of ether oxygens (including phenoxy) is 3. The third-order valence-corrected chi connectivity index (χ3v) is 5.37. The number of amides is 2. The molecule has 0 bridgehead atoms. The molecule has 0 radical (unpaired) electrons. The molecule has 0 fully saturated rings. The van der Waals surface area contributed by atoms with Crippen molar-refractivity contribution in [2.45, 2.75) is 27.7 Å². The highest BCUT2D eigenvalue weighted by Gasteiger charge is 2.21. The topological polar surface area (TPSA) is 125 Å². The first-order valence-electron chi connectivity index (χ1n) is 10.4. The quantitative estimate of drug-likeness (QED) is 0.456. The lowest BCUT2D eigenvalue weighted by atomic mass is 10.1. The first-order valence-corrected chi connectivity index (χ1v) is 11.2. The van der Waals surface area contributed by atoms with Gasteiger partial charge in [-0.3, -0.25) is 20.4 Å². The second-order valence-electron chi connectivity index (χ2n) is 6.51. The van der Waals surface area contributed by atoms with Gasteiger partial charge in [0.05, 0.1) is 25.5 Å². The van der Waals surface area contributed by atoms with Gasteiger partial charge in [-0.1, -0.05) is 0 Å². The number of hydrogen-bond acceptors (Lipinski definition) is 9. The van der Waals surface area contributed by atoms with Crippen LogP contribution in [-0.4, -0.2) is 46.6 Å². The average Bonchev–Trinajstić information content (AvgIpc) is 3.21. The maximum absolute atomic E-state index is 12.8. The van der Waals surface area contributed by atoms with E-state index in [0.29, 0.717) is 58.5 Å². The number of thiazole rings is 1. The molecular weight excluding hydrogens is 446 g/mol. The summed E-state index contributed by atoms with van der Waals surface area (Å²) in [5.41, 5.74) is 5.59. The smallest absolute Gasteiger partial charge is 0.281 e. The number of nitrogens with one attached hydrogen (secondary N) is 2. The number of hydrogen-bond donors (Lipinski definition) is 2. The number of hydrazine groups is 1. The first kappa shape index (κ1) is 23.9. The summed E-state index contributed by atoms with van der Waals surface area (Å²) in [4.78, 5) is 38.4. The molecule has 0 atom stereocenters. The van der Waals surface area contributed by atoms with Crippen molar-refractivity contribution in [1.82, 2.24) is 25.8 Å². The fourth-order valence-electron chi connectivity index (χ4n) is 2.87. The van der Waals surface area contributed by atoms with E-state index in [9.17, 15) is 9.59 Å². The lowest BCUT2D eigenvalue weighted by molar-refractivity contribution is 0.0848. The minimum Gasteiger partial charge on any atom is -0.490 e. The molecule has 3 aromatic rings. The Morgan fingerprint density at radius 2 is 1.48 bits per heavy atom. The van der Waals surface area contributed by atoms with E-state index in [-0.39, 0.29) is 5.56 Å². The summed E-state index contributed by atoms with van der Waals surface area (Å²) in [6.07, 6.45) is 3.20. The average molecular weight is 472 g/mol. The van der Waals surface area contributed by atoms with Gasteiger partial charge >= 0.3 is 0 Å². The first-order chi connectivity index (χ1) is 16.0. The Morgan fingerprint density at radius 1 is 0.909 bits per heavy atom. The standard InChI is InChI=1S/C22H25N5O5S/c1-5-30-15-11-14(12-16(31-6-2)17(15)32-7-3)20(28)26-27-21(29)18-13(4)25-22(33-18)19-23-9-8-10-24-19/h8-12H,5-7H2,1-4H3,(H,26,28)(H,27,29). The molecule has 11 heteroatoms. The number of aryl methyl sites for hydroxylation is 1. The minimum atomic E-state index is -0.540. The van der Waals surface area contributed by atoms with E-state index in [2.05, 4.69) is 25.8 Å². The maximum Gasteiger partial charge on any atom is 0.281 e.